The third kappa shape index (κ3) is 3.55. The molecule has 0 aliphatic carbocycles. The summed E-state index contributed by atoms with van der Waals surface area (Å²) in [5, 5.41) is 0.323. The van der Waals surface area contributed by atoms with E-state index in [0.717, 1.165) is 11.0 Å². The predicted molar refractivity (Wildman–Crippen MR) is 88.5 cm³/mol. The van der Waals surface area contributed by atoms with Gasteiger partial charge in [0.05, 0.1) is 10.1 Å². The maximum atomic E-state index is 13.3. The Morgan fingerprint density at radius 3 is 2.71 bits per heavy atom. The number of halogens is 3. The topological polar surface area (TPSA) is 44.0 Å². The molecule has 0 N–H and O–H groups in total. The van der Waals surface area contributed by atoms with Crippen LogP contribution >= 0.6 is 34.2 Å². The molecule has 21 heavy (non-hydrogen) atoms. The molecular formula is C14H13ClFIN2O2. The van der Waals surface area contributed by atoms with Crippen LogP contribution in [0.1, 0.15) is 18.9 Å². The maximum Gasteiger partial charge on any atom is 0.331 e. The van der Waals surface area contributed by atoms with Gasteiger partial charge in [0.1, 0.15) is 5.82 Å². The second-order valence-corrected chi connectivity index (χ2v) is 6.15. The van der Waals surface area contributed by atoms with Crippen LogP contribution in [-0.4, -0.2) is 9.13 Å². The molecule has 0 atom stereocenters. The molecule has 1 heterocycles. The van der Waals surface area contributed by atoms with E-state index in [1.165, 1.54) is 22.8 Å². The molecule has 0 fully saturated rings. The van der Waals surface area contributed by atoms with Crippen LogP contribution in [-0.2, 0) is 13.1 Å². The number of aryl methyl sites for hydroxylation is 1. The van der Waals surface area contributed by atoms with E-state index in [2.05, 4.69) is 0 Å². The predicted octanol–water partition coefficient (Wildman–Crippen LogP) is 2.87. The van der Waals surface area contributed by atoms with E-state index in [1.54, 1.807) is 6.20 Å². The van der Waals surface area contributed by atoms with Crippen LogP contribution in [0.5, 0.6) is 0 Å². The molecule has 0 saturated heterocycles. The fourth-order valence-electron chi connectivity index (χ4n) is 1.99. The molecule has 0 amide bonds. The Balaban J connectivity index is 2.56. The van der Waals surface area contributed by atoms with Crippen LogP contribution in [0.25, 0.3) is 0 Å². The van der Waals surface area contributed by atoms with Crippen molar-refractivity contribution in [1.29, 1.82) is 0 Å². The summed E-state index contributed by atoms with van der Waals surface area (Å²) >= 11 is 7.89. The Hall–Kier alpha value is -1.15. The van der Waals surface area contributed by atoms with Crippen molar-refractivity contribution in [3.8, 4) is 0 Å². The lowest BCUT2D eigenvalue weighted by Crippen LogP contribution is -2.41. The van der Waals surface area contributed by atoms with Gasteiger partial charge in [0.15, 0.2) is 0 Å². The van der Waals surface area contributed by atoms with E-state index < -0.39 is 17.1 Å². The van der Waals surface area contributed by atoms with Gasteiger partial charge in [0.25, 0.3) is 5.56 Å². The minimum absolute atomic E-state index is 0.0468. The summed E-state index contributed by atoms with van der Waals surface area (Å²) in [6.45, 7) is 2.42. The summed E-state index contributed by atoms with van der Waals surface area (Å²) < 4.78 is 16.3. The molecule has 2 rings (SSSR count). The van der Waals surface area contributed by atoms with Gasteiger partial charge in [0, 0.05) is 17.8 Å². The summed E-state index contributed by atoms with van der Waals surface area (Å²) in [5.74, 6) is -0.457. The number of rotatable bonds is 4. The summed E-state index contributed by atoms with van der Waals surface area (Å²) in [5.41, 5.74) is -0.406. The molecule has 1 aromatic heterocycles. The quantitative estimate of drug-likeness (QED) is 0.711. The van der Waals surface area contributed by atoms with Crippen molar-refractivity contribution in [2.75, 3.05) is 0 Å². The summed E-state index contributed by atoms with van der Waals surface area (Å²) in [6, 6.07) is 3.88. The highest BCUT2D eigenvalue weighted by Crippen LogP contribution is 2.17. The first kappa shape index (κ1) is 16.2. The van der Waals surface area contributed by atoms with Crippen LogP contribution < -0.4 is 11.2 Å². The van der Waals surface area contributed by atoms with Gasteiger partial charge in [-0.2, -0.15) is 0 Å². The first-order valence-electron chi connectivity index (χ1n) is 6.37. The van der Waals surface area contributed by atoms with Gasteiger partial charge in [0.2, 0.25) is 0 Å². The largest absolute Gasteiger partial charge is 0.331 e. The fourth-order valence-corrected chi connectivity index (χ4v) is 2.80. The lowest BCUT2D eigenvalue weighted by atomic mass is 10.2. The molecule has 0 radical (unpaired) electrons. The van der Waals surface area contributed by atoms with Crippen LogP contribution in [0.2, 0.25) is 5.02 Å². The Kier molecular flexibility index (Phi) is 5.21. The fraction of sp³-hybridized carbons (Fsp3) is 0.286. The first-order valence-corrected chi connectivity index (χ1v) is 7.83. The van der Waals surface area contributed by atoms with E-state index in [0.29, 0.717) is 20.7 Å². The van der Waals surface area contributed by atoms with Gasteiger partial charge < -0.3 is 0 Å². The van der Waals surface area contributed by atoms with Crippen LogP contribution in [0.3, 0.4) is 0 Å². The Bertz CT molecular complexity index is 786. The SMILES string of the molecule is CCCn1cc(I)c(=O)n(Cc2cc(F)ccc2Cl)c1=O. The van der Waals surface area contributed by atoms with Gasteiger partial charge in [-0.1, -0.05) is 18.5 Å². The van der Waals surface area contributed by atoms with E-state index in [-0.39, 0.29) is 6.54 Å². The second kappa shape index (κ2) is 6.74. The first-order chi connectivity index (χ1) is 9.93. The van der Waals surface area contributed by atoms with E-state index in [4.69, 9.17) is 11.6 Å². The monoisotopic (exact) mass is 422 g/mol. The molecule has 7 heteroatoms. The minimum Gasteiger partial charge on any atom is -0.299 e. The van der Waals surface area contributed by atoms with E-state index in [9.17, 15) is 14.0 Å². The number of hydrogen-bond acceptors (Lipinski definition) is 2. The molecule has 0 saturated carbocycles. The molecule has 0 aliphatic heterocycles. The zero-order valence-corrected chi connectivity index (χ0v) is 14.2. The van der Waals surface area contributed by atoms with Gasteiger partial charge >= 0.3 is 5.69 Å². The Labute approximate surface area is 139 Å². The Morgan fingerprint density at radius 2 is 2.05 bits per heavy atom. The van der Waals surface area contributed by atoms with Crippen molar-refractivity contribution in [2.24, 2.45) is 0 Å². The lowest BCUT2D eigenvalue weighted by Gasteiger charge is -2.11. The van der Waals surface area contributed by atoms with Crippen LogP contribution in [0.4, 0.5) is 4.39 Å². The van der Waals surface area contributed by atoms with E-state index in [1.807, 2.05) is 29.5 Å². The maximum absolute atomic E-state index is 13.3. The smallest absolute Gasteiger partial charge is 0.299 e. The molecule has 0 unspecified atom stereocenters. The summed E-state index contributed by atoms with van der Waals surface area (Å²) in [7, 11) is 0. The molecule has 1 aromatic carbocycles. The third-order valence-corrected chi connectivity index (χ3v) is 4.10. The standard InChI is InChI=1S/C14H13ClFIN2O2/c1-2-5-18-8-12(17)13(20)19(14(18)21)7-9-6-10(16)3-4-11(9)15/h3-4,6,8H,2,5,7H2,1H3. The molecule has 112 valence electrons. The normalized spacial score (nSPS) is 10.9. The highest BCUT2D eigenvalue weighted by atomic mass is 127. The van der Waals surface area contributed by atoms with Crippen LogP contribution in [0, 0.1) is 9.39 Å². The number of benzene rings is 1. The second-order valence-electron chi connectivity index (χ2n) is 4.58. The molecule has 4 nitrogen and oxygen atoms in total. The van der Waals surface area contributed by atoms with Crippen molar-refractivity contribution in [3.63, 3.8) is 0 Å². The van der Waals surface area contributed by atoms with Crippen LogP contribution in [0.15, 0.2) is 34.0 Å². The van der Waals surface area contributed by atoms with Crippen molar-refractivity contribution in [3.05, 3.63) is 65.2 Å². The van der Waals surface area contributed by atoms with Crippen molar-refractivity contribution >= 4 is 34.2 Å². The molecule has 0 bridgehead atoms. The average molecular weight is 423 g/mol. The Morgan fingerprint density at radius 1 is 1.33 bits per heavy atom. The summed E-state index contributed by atoms with van der Waals surface area (Å²) in [6.07, 6.45) is 2.31. The zero-order chi connectivity index (χ0) is 15.6. The lowest BCUT2D eigenvalue weighted by molar-refractivity contribution is 0.564. The number of aromatic nitrogens is 2. The van der Waals surface area contributed by atoms with Gasteiger partial charge in [-0.25, -0.2) is 9.18 Å². The molecule has 0 spiro atoms. The highest BCUT2D eigenvalue weighted by molar-refractivity contribution is 14.1. The highest BCUT2D eigenvalue weighted by Gasteiger charge is 2.12. The van der Waals surface area contributed by atoms with Gasteiger partial charge in [-0.3, -0.25) is 13.9 Å². The zero-order valence-electron chi connectivity index (χ0n) is 11.3. The summed E-state index contributed by atoms with van der Waals surface area (Å²) in [4.78, 5) is 24.5. The molecule has 0 aliphatic rings. The van der Waals surface area contributed by atoms with Crippen molar-refractivity contribution in [1.82, 2.24) is 9.13 Å². The van der Waals surface area contributed by atoms with E-state index >= 15 is 0 Å². The minimum atomic E-state index is -0.457. The number of nitrogens with zero attached hydrogens (tertiary/aromatic N) is 2. The van der Waals surface area contributed by atoms with Crippen molar-refractivity contribution in [2.45, 2.75) is 26.4 Å². The molecule has 2 aromatic rings. The van der Waals surface area contributed by atoms with Gasteiger partial charge in [-0.05, 0) is 52.8 Å². The van der Waals surface area contributed by atoms with Gasteiger partial charge in [-0.15, -0.1) is 0 Å². The number of hydrogen-bond donors (Lipinski definition) is 0. The average Bonchev–Trinajstić information content (AvgIpc) is 2.44. The van der Waals surface area contributed by atoms with Crippen molar-refractivity contribution < 1.29 is 4.39 Å². The third-order valence-electron chi connectivity index (χ3n) is 3.00. The molecular weight excluding hydrogens is 410 g/mol.